The largest absolute Gasteiger partial charge is 0.466 e. The van der Waals surface area contributed by atoms with Crippen molar-refractivity contribution in [2.24, 2.45) is 0 Å². The van der Waals surface area contributed by atoms with Crippen molar-refractivity contribution in [3.63, 3.8) is 0 Å². The number of morpholine rings is 1. The van der Waals surface area contributed by atoms with E-state index in [9.17, 15) is 13.2 Å². The molecular weight excluding hydrogens is 334 g/mol. The van der Waals surface area contributed by atoms with Crippen molar-refractivity contribution in [3.8, 4) is 0 Å². The molecule has 2 heterocycles. The summed E-state index contributed by atoms with van der Waals surface area (Å²) in [7, 11) is -3.67. The summed E-state index contributed by atoms with van der Waals surface area (Å²) in [5.74, 6) is -1.72. The molecule has 0 spiro atoms. The van der Waals surface area contributed by atoms with Crippen LogP contribution in [0.3, 0.4) is 0 Å². The Bertz CT molecular complexity index is 717. The molecule has 1 aromatic rings. The summed E-state index contributed by atoms with van der Waals surface area (Å²) in [6.45, 7) is 4.31. The van der Waals surface area contributed by atoms with Crippen LogP contribution >= 0.6 is 0 Å². The lowest BCUT2D eigenvalue weighted by Gasteiger charge is -2.37. The third-order valence-corrected chi connectivity index (χ3v) is 5.94. The average molecular weight is 355 g/mol. The molecule has 0 radical (unpaired) electrons. The van der Waals surface area contributed by atoms with Crippen molar-refractivity contribution in [1.82, 2.24) is 4.31 Å². The summed E-state index contributed by atoms with van der Waals surface area (Å²) in [4.78, 5) is 12.0. The number of fused-ring (bicyclic) bond motifs is 2. The second kappa shape index (κ2) is 6.44. The number of sulfonamides is 1. The normalized spacial score (nSPS) is 27.2. The lowest BCUT2D eigenvalue weighted by atomic mass is 10.1. The first-order valence-corrected chi connectivity index (χ1v) is 9.33. The third kappa shape index (κ3) is 3.32. The van der Waals surface area contributed by atoms with Gasteiger partial charge in [-0.15, -0.1) is 0 Å². The molecule has 8 heteroatoms. The van der Waals surface area contributed by atoms with Gasteiger partial charge < -0.3 is 14.2 Å². The Morgan fingerprint density at radius 1 is 1.38 bits per heavy atom. The number of ether oxygens (including phenoxy) is 3. The van der Waals surface area contributed by atoms with Gasteiger partial charge in [0.05, 0.1) is 30.8 Å². The predicted molar refractivity (Wildman–Crippen MR) is 84.7 cm³/mol. The van der Waals surface area contributed by atoms with Crippen LogP contribution in [0.4, 0.5) is 0 Å². The zero-order valence-corrected chi connectivity index (χ0v) is 14.5. The maximum absolute atomic E-state index is 12.9. The molecule has 2 aliphatic heterocycles. The highest BCUT2D eigenvalue weighted by atomic mass is 32.2. The number of carbonyl (C=O) groups is 1. The maximum atomic E-state index is 12.9. The number of nitrogens with zero attached hydrogens (tertiary/aromatic N) is 1. The molecule has 24 heavy (non-hydrogen) atoms. The predicted octanol–water partition coefficient (Wildman–Crippen LogP) is 1.06. The topological polar surface area (TPSA) is 82.1 Å². The molecular formula is C16H21NO6S. The molecule has 2 atom stereocenters. The zero-order valence-electron chi connectivity index (χ0n) is 13.7. The van der Waals surface area contributed by atoms with E-state index in [0.717, 1.165) is 5.56 Å². The Morgan fingerprint density at radius 2 is 2.08 bits per heavy atom. The summed E-state index contributed by atoms with van der Waals surface area (Å²) in [6.07, 6.45) is -0.509. The van der Waals surface area contributed by atoms with Crippen molar-refractivity contribution in [2.75, 3.05) is 26.3 Å². The van der Waals surface area contributed by atoms with Crippen LogP contribution in [0.1, 0.15) is 18.9 Å². The van der Waals surface area contributed by atoms with Crippen molar-refractivity contribution in [3.05, 3.63) is 29.8 Å². The summed E-state index contributed by atoms with van der Waals surface area (Å²) in [6, 6.07) is 6.68. The fourth-order valence-corrected chi connectivity index (χ4v) is 4.48. The van der Waals surface area contributed by atoms with Gasteiger partial charge in [-0.25, -0.2) is 8.42 Å². The minimum atomic E-state index is -3.67. The molecule has 1 aromatic carbocycles. The number of hydrogen-bond donors (Lipinski definition) is 0. The molecule has 3 rings (SSSR count). The van der Waals surface area contributed by atoms with Gasteiger partial charge in [0, 0.05) is 6.54 Å². The van der Waals surface area contributed by atoms with E-state index >= 15 is 0 Å². The number of esters is 1. The quantitative estimate of drug-likeness (QED) is 0.735. The second-order valence-corrected chi connectivity index (χ2v) is 7.99. The van der Waals surface area contributed by atoms with Gasteiger partial charge in [0.1, 0.15) is 6.42 Å². The maximum Gasteiger partial charge on any atom is 0.311 e. The molecule has 132 valence electrons. The monoisotopic (exact) mass is 355 g/mol. The Morgan fingerprint density at radius 3 is 2.75 bits per heavy atom. The van der Waals surface area contributed by atoms with Gasteiger partial charge in [-0.2, -0.15) is 4.31 Å². The van der Waals surface area contributed by atoms with Crippen LogP contribution in [0.2, 0.25) is 0 Å². The van der Waals surface area contributed by atoms with Crippen LogP contribution in [-0.2, 0) is 29.0 Å². The Balaban J connectivity index is 1.82. The minimum absolute atomic E-state index is 0.0292. The number of hydrogen-bond acceptors (Lipinski definition) is 6. The molecule has 0 N–H and O–H groups in total. The second-order valence-electron chi connectivity index (χ2n) is 6.05. The SMILES string of the molecule is CCOC(=O)C[C@]12CN(S(=O)(=O)c3ccc(C)cc3)C[C@@H](CO1)O2. The van der Waals surface area contributed by atoms with Crippen LogP contribution in [-0.4, -0.2) is 56.9 Å². The van der Waals surface area contributed by atoms with Crippen molar-refractivity contribution in [2.45, 2.75) is 37.1 Å². The highest BCUT2D eigenvalue weighted by Crippen LogP contribution is 2.35. The van der Waals surface area contributed by atoms with Crippen molar-refractivity contribution in [1.29, 1.82) is 0 Å². The van der Waals surface area contributed by atoms with E-state index in [2.05, 4.69) is 0 Å². The third-order valence-electron chi connectivity index (χ3n) is 4.12. The molecule has 2 saturated heterocycles. The molecule has 0 saturated carbocycles. The average Bonchev–Trinajstić information content (AvgIpc) is 2.81. The molecule has 0 amide bonds. The van der Waals surface area contributed by atoms with E-state index in [1.54, 1.807) is 31.2 Å². The molecule has 2 fully saturated rings. The first-order chi connectivity index (χ1) is 11.3. The molecule has 7 nitrogen and oxygen atoms in total. The molecule has 2 aliphatic rings. The molecule has 0 aliphatic carbocycles. The summed E-state index contributed by atoms with van der Waals surface area (Å²) in [5.41, 5.74) is 0.984. The van der Waals surface area contributed by atoms with E-state index in [0.29, 0.717) is 0 Å². The van der Waals surface area contributed by atoms with E-state index in [1.807, 2.05) is 6.92 Å². The lowest BCUT2D eigenvalue weighted by molar-refractivity contribution is -0.204. The van der Waals surface area contributed by atoms with Gasteiger partial charge in [-0.05, 0) is 26.0 Å². The van der Waals surface area contributed by atoms with E-state index in [-0.39, 0.29) is 43.7 Å². The van der Waals surface area contributed by atoms with E-state index < -0.39 is 21.8 Å². The van der Waals surface area contributed by atoms with Crippen LogP contribution in [0.5, 0.6) is 0 Å². The summed E-state index contributed by atoms with van der Waals surface area (Å²) < 4.78 is 43.4. The van der Waals surface area contributed by atoms with Gasteiger partial charge >= 0.3 is 5.97 Å². The van der Waals surface area contributed by atoms with Crippen LogP contribution < -0.4 is 0 Å². The van der Waals surface area contributed by atoms with Gasteiger partial charge in [-0.3, -0.25) is 4.79 Å². The fraction of sp³-hybridized carbons (Fsp3) is 0.562. The molecule has 0 aromatic heterocycles. The summed E-state index contributed by atoms with van der Waals surface area (Å²) >= 11 is 0. The Kier molecular flexibility index (Phi) is 4.65. The standard InChI is InChI=1S/C16H21NO6S/c1-3-21-15(18)8-16-11-17(9-13(23-16)10-22-16)24(19,20)14-6-4-12(2)5-7-14/h4-7,13H,3,8-11H2,1-2H3/t13-,16-/m0/s1. The van der Waals surface area contributed by atoms with Crippen LogP contribution in [0.15, 0.2) is 29.2 Å². The van der Waals surface area contributed by atoms with E-state index in [4.69, 9.17) is 14.2 Å². The van der Waals surface area contributed by atoms with Gasteiger partial charge in [0.2, 0.25) is 10.0 Å². The van der Waals surface area contributed by atoms with Gasteiger partial charge in [-0.1, -0.05) is 17.7 Å². The van der Waals surface area contributed by atoms with Crippen LogP contribution in [0, 0.1) is 6.92 Å². The smallest absolute Gasteiger partial charge is 0.311 e. The zero-order chi connectivity index (χ0) is 17.4. The lowest BCUT2D eigenvalue weighted by Crippen LogP contribution is -2.54. The minimum Gasteiger partial charge on any atom is -0.466 e. The van der Waals surface area contributed by atoms with Gasteiger partial charge in [0.15, 0.2) is 5.79 Å². The molecule has 0 unspecified atom stereocenters. The number of aryl methyl sites for hydroxylation is 1. The fourth-order valence-electron chi connectivity index (χ4n) is 2.97. The molecule has 2 bridgehead atoms. The van der Waals surface area contributed by atoms with E-state index in [1.165, 1.54) is 4.31 Å². The highest BCUT2D eigenvalue weighted by molar-refractivity contribution is 7.89. The highest BCUT2D eigenvalue weighted by Gasteiger charge is 2.52. The Hall–Kier alpha value is -1.48. The first kappa shape index (κ1) is 17.3. The first-order valence-electron chi connectivity index (χ1n) is 7.89. The van der Waals surface area contributed by atoms with Crippen molar-refractivity contribution >= 4 is 16.0 Å². The van der Waals surface area contributed by atoms with Crippen LogP contribution in [0.25, 0.3) is 0 Å². The Labute approximate surface area is 141 Å². The number of benzene rings is 1. The summed E-state index contributed by atoms with van der Waals surface area (Å²) in [5, 5.41) is 0. The van der Waals surface area contributed by atoms with Gasteiger partial charge in [0.25, 0.3) is 0 Å². The van der Waals surface area contributed by atoms with Crippen molar-refractivity contribution < 1.29 is 27.4 Å². The number of rotatable bonds is 5. The number of carbonyl (C=O) groups excluding carboxylic acids is 1.